The average molecular weight is 429 g/mol. The van der Waals surface area contributed by atoms with Crippen LogP contribution in [0.1, 0.15) is 24.2 Å². The van der Waals surface area contributed by atoms with Crippen molar-refractivity contribution in [3.63, 3.8) is 0 Å². The summed E-state index contributed by atoms with van der Waals surface area (Å²) in [6.45, 7) is 2.40. The van der Waals surface area contributed by atoms with E-state index in [2.05, 4.69) is 50.0 Å². The first kappa shape index (κ1) is 20.8. The highest BCUT2D eigenvalue weighted by Gasteiger charge is 2.30. The van der Waals surface area contributed by atoms with Gasteiger partial charge in [0.05, 0.1) is 18.4 Å². The van der Waals surface area contributed by atoms with Gasteiger partial charge < -0.3 is 9.64 Å². The van der Waals surface area contributed by atoms with Crippen molar-refractivity contribution in [2.24, 2.45) is 0 Å². The molecule has 7 nitrogen and oxygen atoms in total. The third-order valence-corrected chi connectivity index (χ3v) is 7.42. The number of sulfone groups is 1. The predicted octanol–water partition coefficient (Wildman–Crippen LogP) is 2.68. The smallest absolute Gasteiger partial charge is 0.227 e. The van der Waals surface area contributed by atoms with Crippen molar-refractivity contribution in [1.29, 1.82) is 0 Å². The number of benzene rings is 2. The van der Waals surface area contributed by atoms with Crippen LogP contribution in [-0.2, 0) is 27.5 Å². The zero-order valence-electron chi connectivity index (χ0n) is 17.5. The van der Waals surface area contributed by atoms with Crippen molar-refractivity contribution in [1.82, 2.24) is 14.8 Å². The number of rotatable bonds is 7. The zero-order chi connectivity index (χ0) is 21.1. The SMILES string of the molecule is COCCn1c(Cc2cccc3ccccc23)nnc1N1CCC[C@@H](S(C)(=O)=O)C1. The van der Waals surface area contributed by atoms with Gasteiger partial charge in [0.1, 0.15) is 5.82 Å². The highest BCUT2D eigenvalue weighted by Crippen LogP contribution is 2.25. The first-order chi connectivity index (χ1) is 14.5. The molecule has 30 heavy (non-hydrogen) atoms. The van der Waals surface area contributed by atoms with Gasteiger partial charge in [-0.2, -0.15) is 0 Å². The van der Waals surface area contributed by atoms with Crippen LogP contribution in [0.15, 0.2) is 42.5 Å². The van der Waals surface area contributed by atoms with Crippen LogP contribution in [0.4, 0.5) is 5.95 Å². The van der Waals surface area contributed by atoms with E-state index in [9.17, 15) is 8.42 Å². The second-order valence-electron chi connectivity index (χ2n) is 7.92. The Morgan fingerprint density at radius 1 is 1.13 bits per heavy atom. The quantitative estimate of drug-likeness (QED) is 0.576. The first-order valence-corrected chi connectivity index (χ1v) is 12.2. The maximum atomic E-state index is 12.1. The molecule has 4 rings (SSSR count). The fourth-order valence-corrected chi connectivity index (χ4v) is 5.23. The Bertz CT molecular complexity index is 1120. The number of piperidine rings is 1. The predicted molar refractivity (Wildman–Crippen MR) is 119 cm³/mol. The van der Waals surface area contributed by atoms with Crippen LogP contribution in [0, 0.1) is 0 Å². The second kappa shape index (κ2) is 8.73. The van der Waals surface area contributed by atoms with Crippen LogP contribution >= 0.6 is 0 Å². The van der Waals surface area contributed by atoms with Gasteiger partial charge in [-0.05, 0) is 29.2 Å². The number of nitrogens with zero attached hydrogens (tertiary/aromatic N) is 4. The summed E-state index contributed by atoms with van der Waals surface area (Å²) >= 11 is 0. The third kappa shape index (κ3) is 4.34. The molecule has 1 saturated heterocycles. The maximum Gasteiger partial charge on any atom is 0.227 e. The molecule has 0 N–H and O–H groups in total. The molecule has 1 aromatic heterocycles. The summed E-state index contributed by atoms with van der Waals surface area (Å²) in [6, 6.07) is 14.6. The largest absolute Gasteiger partial charge is 0.383 e. The lowest BCUT2D eigenvalue weighted by molar-refractivity contribution is 0.186. The van der Waals surface area contributed by atoms with E-state index in [1.54, 1.807) is 7.11 Å². The van der Waals surface area contributed by atoms with Gasteiger partial charge in [0, 0.05) is 32.9 Å². The molecule has 0 unspecified atom stereocenters. The van der Waals surface area contributed by atoms with Crippen molar-refractivity contribution >= 4 is 26.6 Å². The van der Waals surface area contributed by atoms with E-state index in [0.29, 0.717) is 32.5 Å². The number of ether oxygens (including phenoxy) is 1. The second-order valence-corrected chi connectivity index (χ2v) is 10.2. The molecular formula is C22H28N4O3S. The molecule has 0 aliphatic carbocycles. The lowest BCUT2D eigenvalue weighted by atomic mass is 10.0. The fraction of sp³-hybridized carbons (Fsp3) is 0.455. The number of methoxy groups -OCH3 is 1. The minimum absolute atomic E-state index is 0.361. The van der Waals surface area contributed by atoms with Gasteiger partial charge in [0.2, 0.25) is 5.95 Å². The normalized spacial score (nSPS) is 17.5. The zero-order valence-corrected chi connectivity index (χ0v) is 18.3. The van der Waals surface area contributed by atoms with Crippen molar-refractivity contribution in [3.8, 4) is 0 Å². The Morgan fingerprint density at radius 3 is 2.73 bits per heavy atom. The Kier molecular flexibility index (Phi) is 6.06. The van der Waals surface area contributed by atoms with E-state index in [-0.39, 0.29) is 5.25 Å². The first-order valence-electron chi connectivity index (χ1n) is 10.3. The van der Waals surface area contributed by atoms with E-state index in [0.717, 1.165) is 24.7 Å². The van der Waals surface area contributed by atoms with Gasteiger partial charge in [-0.3, -0.25) is 4.57 Å². The molecule has 8 heteroatoms. The summed E-state index contributed by atoms with van der Waals surface area (Å²) in [6.07, 6.45) is 3.50. The van der Waals surface area contributed by atoms with Crippen LogP contribution in [0.25, 0.3) is 10.8 Å². The molecule has 0 bridgehead atoms. The average Bonchev–Trinajstić information content (AvgIpc) is 3.14. The summed E-state index contributed by atoms with van der Waals surface area (Å²) in [5.41, 5.74) is 1.19. The molecule has 160 valence electrons. The number of fused-ring (bicyclic) bond motifs is 1. The van der Waals surface area contributed by atoms with Crippen LogP contribution in [-0.4, -0.2) is 61.5 Å². The van der Waals surface area contributed by atoms with E-state index in [4.69, 9.17) is 4.74 Å². The number of aromatic nitrogens is 3. The van der Waals surface area contributed by atoms with Crippen LogP contribution in [0.2, 0.25) is 0 Å². The molecule has 0 amide bonds. The fourth-order valence-electron chi connectivity index (χ4n) is 4.19. The molecule has 1 fully saturated rings. The van der Waals surface area contributed by atoms with Crippen molar-refractivity contribution < 1.29 is 13.2 Å². The summed E-state index contributed by atoms with van der Waals surface area (Å²) < 4.78 is 31.6. The van der Waals surface area contributed by atoms with Gasteiger partial charge in [-0.15, -0.1) is 10.2 Å². The summed E-state index contributed by atoms with van der Waals surface area (Å²) in [7, 11) is -1.41. The molecule has 1 atom stereocenters. The van der Waals surface area contributed by atoms with E-state index < -0.39 is 9.84 Å². The minimum atomic E-state index is -3.09. The Labute approximate surface area is 177 Å². The molecule has 1 aliphatic rings. The van der Waals surface area contributed by atoms with Gasteiger partial charge >= 0.3 is 0 Å². The Hall–Kier alpha value is -2.45. The van der Waals surface area contributed by atoms with Gasteiger partial charge in [-0.25, -0.2) is 8.42 Å². The van der Waals surface area contributed by atoms with Gasteiger partial charge in [-0.1, -0.05) is 42.5 Å². The molecule has 0 radical (unpaired) electrons. The monoisotopic (exact) mass is 428 g/mol. The highest BCUT2D eigenvalue weighted by molar-refractivity contribution is 7.91. The lowest BCUT2D eigenvalue weighted by Gasteiger charge is -2.32. The Balaban J connectivity index is 1.67. The number of hydrogen-bond donors (Lipinski definition) is 0. The van der Waals surface area contributed by atoms with E-state index in [1.807, 2.05) is 12.1 Å². The van der Waals surface area contributed by atoms with Gasteiger partial charge in [0.15, 0.2) is 9.84 Å². The van der Waals surface area contributed by atoms with Crippen LogP contribution in [0.5, 0.6) is 0 Å². The maximum absolute atomic E-state index is 12.1. The third-order valence-electron chi connectivity index (χ3n) is 5.82. The van der Waals surface area contributed by atoms with Crippen molar-refractivity contribution in [2.75, 3.05) is 38.0 Å². The van der Waals surface area contributed by atoms with E-state index >= 15 is 0 Å². The summed E-state index contributed by atoms with van der Waals surface area (Å²) in [4.78, 5) is 2.06. The van der Waals surface area contributed by atoms with Crippen LogP contribution < -0.4 is 4.90 Å². The molecule has 1 aliphatic heterocycles. The molecule has 2 aromatic carbocycles. The lowest BCUT2D eigenvalue weighted by Crippen LogP contribution is -2.43. The standard InChI is InChI=1S/C22H28N4O3S/c1-29-14-13-26-21(15-18-9-5-8-17-7-3-4-11-20(17)18)23-24-22(26)25-12-6-10-19(16-25)30(2,27)28/h3-5,7-9,11,19H,6,10,12-16H2,1-2H3/t19-/m1/s1. The molecule has 0 spiro atoms. The molecular weight excluding hydrogens is 400 g/mol. The summed E-state index contributed by atoms with van der Waals surface area (Å²) in [5.74, 6) is 1.59. The Morgan fingerprint density at radius 2 is 1.93 bits per heavy atom. The van der Waals surface area contributed by atoms with Crippen molar-refractivity contribution in [2.45, 2.75) is 31.1 Å². The van der Waals surface area contributed by atoms with Crippen molar-refractivity contribution in [3.05, 3.63) is 53.9 Å². The number of hydrogen-bond acceptors (Lipinski definition) is 6. The van der Waals surface area contributed by atoms with Gasteiger partial charge in [0.25, 0.3) is 0 Å². The molecule has 3 aromatic rings. The number of anilines is 1. The molecule has 2 heterocycles. The van der Waals surface area contributed by atoms with E-state index in [1.165, 1.54) is 22.6 Å². The summed E-state index contributed by atoms with van der Waals surface area (Å²) in [5, 5.41) is 11.0. The minimum Gasteiger partial charge on any atom is -0.383 e. The highest BCUT2D eigenvalue weighted by atomic mass is 32.2. The van der Waals surface area contributed by atoms with Crippen LogP contribution in [0.3, 0.4) is 0 Å². The topological polar surface area (TPSA) is 77.3 Å². The molecule has 0 saturated carbocycles.